The van der Waals surface area contributed by atoms with E-state index in [9.17, 15) is 24.0 Å². The fraction of sp³-hybridized carbons (Fsp3) is 0.533. The second kappa shape index (κ2) is 6.95. The van der Waals surface area contributed by atoms with E-state index in [-0.39, 0.29) is 17.0 Å². The molecule has 0 aliphatic carbocycles. The summed E-state index contributed by atoms with van der Waals surface area (Å²) in [5.41, 5.74) is -1.22. The Morgan fingerprint density at radius 3 is 2.55 bits per heavy atom. The summed E-state index contributed by atoms with van der Waals surface area (Å²) in [6.45, 7) is 1.36. The van der Waals surface area contributed by atoms with Gasteiger partial charge in [0.1, 0.15) is 11.1 Å². The maximum absolute atomic E-state index is 12.9. The summed E-state index contributed by atoms with van der Waals surface area (Å²) in [7, 11) is 0. The number of carbonyl (C=O) groups is 1. The van der Waals surface area contributed by atoms with E-state index in [0.29, 0.717) is 24.4 Å². The molecule has 0 saturated carbocycles. The van der Waals surface area contributed by atoms with Crippen molar-refractivity contribution < 1.29 is 24.0 Å². The first kappa shape index (κ1) is 17.2. The van der Waals surface area contributed by atoms with Crippen molar-refractivity contribution in [1.29, 1.82) is 0 Å². The standard InChI is InChI=1S/C15H20FNO4S/c1-15(9-18,10-19)14(20)17-7-6-13(8-17)22(21)12-4-2-11(16)3-5-12/h2-5,13,18-19H,6-10H2,1H3. The van der Waals surface area contributed by atoms with E-state index in [1.54, 1.807) is 0 Å². The van der Waals surface area contributed by atoms with Crippen LogP contribution in [0.25, 0.3) is 0 Å². The topological polar surface area (TPSA) is 83.8 Å². The van der Waals surface area contributed by atoms with Gasteiger partial charge in [0.25, 0.3) is 0 Å². The van der Waals surface area contributed by atoms with E-state index >= 15 is 0 Å². The van der Waals surface area contributed by atoms with Crippen molar-refractivity contribution in [3.05, 3.63) is 30.1 Å². The largest absolute Gasteiger partial charge is 0.611 e. The molecule has 2 unspecified atom stereocenters. The number of benzene rings is 1. The van der Waals surface area contributed by atoms with Gasteiger partial charge in [0.2, 0.25) is 5.91 Å². The fourth-order valence-electron chi connectivity index (χ4n) is 2.42. The molecule has 2 atom stereocenters. The number of halogens is 1. The third-order valence-electron chi connectivity index (χ3n) is 4.00. The number of aliphatic hydroxyl groups excluding tert-OH is 2. The van der Waals surface area contributed by atoms with Crippen LogP contribution in [0.4, 0.5) is 4.39 Å². The number of likely N-dealkylation sites (tertiary alicyclic amines) is 1. The van der Waals surface area contributed by atoms with Gasteiger partial charge < -0.3 is 19.7 Å². The molecule has 1 heterocycles. The molecular weight excluding hydrogens is 309 g/mol. The Bertz CT molecular complexity index is 521. The third kappa shape index (κ3) is 3.43. The molecule has 1 aliphatic heterocycles. The molecule has 1 amide bonds. The molecule has 0 radical (unpaired) electrons. The quantitative estimate of drug-likeness (QED) is 0.772. The van der Waals surface area contributed by atoms with Gasteiger partial charge in [-0.2, -0.15) is 0 Å². The minimum absolute atomic E-state index is 0.226. The first-order valence-electron chi connectivity index (χ1n) is 7.08. The summed E-state index contributed by atoms with van der Waals surface area (Å²) in [6, 6.07) is 5.50. The summed E-state index contributed by atoms with van der Waals surface area (Å²) in [5.74, 6) is -0.721. The molecule has 0 bridgehead atoms. The number of hydrogen-bond donors (Lipinski definition) is 2. The lowest BCUT2D eigenvalue weighted by Gasteiger charge is -2.29. The first-order valence-corrected chi connectivity index (χ1v) is 8.30. The SMILES string of the molecule is CC(CO)(CO)C(=O)N1CCC([S+]([O-])c2ccc(F)cc2)C1. The zero-order valence-corrected chi connectivity index (χ0v) is 13.2. The summed E-state index contributed by atoms with van der Waals surface area (Å²) in [6.07, 6.45) is 0.572. The Hall–Kier alpha value is -1.15. The Balaban J connectivity index is 2.03. The smallest absolute Gasteiger partial charge is 0.233 e. The van der Waals surface area contributed by atoms with Crippen LogP contribution in [0, 0.1) is 11.2 Å². The molecule has 122 valence electrons. The van der Waals surface area contributed by atoms with E-state index in [1.807, 2.05) is 0 Å². The van der Waals surface area contributed by atoms with E-state index in [1.165, 1.54) is 36.1 Å². The van der Waals surface area contributed by atoms with Gasteiger partial charge in [0.15, 0.2) is 4.90 Å². The van der Waals surface area contributed by atoms with Gasteiger partial charge in [-0.05, 0) is 42.4 Å². The molecule has 1 saturated heterocycles. The van der Waals surface area contributed by atoms with Crippen molar-refractivity contribution in [3.63, 3.8) is 0 Å². The van der Waals surface area contributed by atoms with Crippen LogP contribution in [-0.2, 0) is 16.0 Å². The summed E-state index contributed by atoms with van der Waals surface area (Å²) in [5, 5.41) is 18.4. The first-order chi connectivity index (χ1) is 10.4. The van der Waals surface area contributed by atoms with Crippen LogP contribution in [-0.4, -0.2) is 57.1 Å². The number of rotatable bonds is 5. The zero-order chi connectivity index (χ0) is 16.3. The predicted octanol–water partition coefficient (Wildman–Crippen LogP) is 0.525. The maximum Gasteiger partial charge on any atom is 0.233 e. The zero-order valence-electron chi connectivity index (χ0n) is 12.4. The molecule has 7 heteroatoms. The monoisotopic (exact) mass is 329 g/mol. The molecule has 1 aliphatic rings. The number of carbonyl (C=O) groups excluding carboxylic acids is 1. The van der Waals surface area contributed by atoms with Crippen LogP contribution in [0.5, 0.6) is 0 Å². The molecule has 1 aromatic rings. The van der Waals surface area contributed by atoms with Gasteiger partial charge in [0, 0.05) is 13.0 Å². The number of amides is 1. The second-order valence-electron chi connectivity index (χ2n) is 5.79. The van der Waals surface area contributed by atoms with Crippen molar-refractivity contribution >= 4 is 17.1 Å². The molecule has 22 heavy (non-hydrogen) atoms. The predicted molar refractivity (Wildman–Crippen MR) is 80.1 cm³/mol. The van der Waals surface area contributed by atoms with Gasteiger partial charge in [-0.1, -0.05) is 0 Å². The number of aliphatic hydroxyl groups is 2. The van der Waals surface area contributed by atoms with E-state index in [2.05, 4.69) is 0 Å². The average Bonchev–Trinajstić information content (AvgIpc) is 3.03. The number of hydrogen-bond acceptors (Lipinski definition) is 4. The van der Waals surface area contributed by atoms with Gasteiger partial charge >= 0.3 is 0 Å². The molecule has 1 aromatic carbocycles. The Labute approximate surface area is 131 Å². The van der Waals surface area contributed by atoms with Crippen LogP contribution in [0.15, 0.2) is 29.2 Å². The van der Waals surface area contributed by atoms with Crippen LogP contribution in [0.2, 0.25) is 0 Å². The van der Waals surface area contributed by atoms with E-state index in [4.69, 9.17) is 0 Å². The molecule has 5 nitrogen and oxygen atoms in total. The highest BCUT2D eigenvalue weighted by molar-refractivity contribution is 7.92. The Morgan fingerprint density at radius 2 is 2.00 bits per heavy atom. The van der Waals surface area contributed by atoms with E-state index < -0.39 is 29.8 Å². The Kier molecular flexibility index (Phi) is 5.44. The Morgan fingerprint density at radius 1 is 1.41 bits per heavy atom. The average molecular weight is 329 g/mol. The van der Waals surface area contributed by atoms with Crippen molar-refractivity contribution in [3.8, 4) is 0 Å². The maximum atomic E-state index is 12.9. The van der Waals surface area contributed by atoms with Gasteiger partial charge in [-0.25, -0.2) is 4.39 Å². The lowest BCUT2D eigenvalue weighted by Crippen LogP contribution is -2.46. The van der Waals surface area contributed by atoms with Crippen molar-refractivity contribution in [2.45, 2.75) is 23.5 Å². The lowest BCUT2D eigenvalue weighted by atomic mass is 9.91. The molecule has 2 N–H and O–H groups in total. The second-order valence-corrected chi connectivity index (χ2v) is 7.52. The van der Waals surface area contributed by atoms with Crippen molar-refractivity contribution in [2.24, 2.45) is 5.41 Å². The minimum atomic E-state index is -1.32. The van der Waals surface area contributed by atoms with Crippen molar-refractivity contribution in [1.82, 2.24) is 4.90 Å². The van der Waals surface area contributed by atoms with Crippen molar-refractivity contribution in [2.75, 3.05) is 26.3 Å². The van der Waals surface area contributed by atoms with Crippen LogP contribution < -0.4 is 0 Å². The number of nitrogens with zero attached hydrogens (tertiary/aromatic N) is 1. The summed E-state index contributed by atoms with van der Waals surface area (Å²) in [4.78, 5) is 14.4. The molecule has 0 spiro atoms. The summed E-state index contributed by atoms with van der Waals surface area (Å²) >= 11 is -1.32. The van der Waals surface area contributed by atoms with Gasteiger partial charge in [-0.15, -0.1) is 0 Å². The minimum Gasteiger partial charge on any atom is -0.611 e. The van der Waals surface area contributed by atoms with Gasteiger partial charge in [-0.3, -0.25) is 4.79 Å². The molecular formula is C15H20FNO4S. The lowest BCUT2D eigenvalue weighted by molar-refractivity contribution is -0.145. The van der Waals surface area contributed by atoms with Crippen LogP contribution in [0.1, 0.15) is 13.3 Å². The highest BCUT2D eigenvalue weighted by Crippen LogP contribution is 2.27. The summed E-state index contributed by atoms with van der Waals surface area (Å²) < 4.78 is 25.4. The molecule has 2 rings (SSSR count). The fourth-order valence-corrected chi connectivity index (χ4v) is 3.84. The highest BCUT2D eigenvalue weighted by atomic mass is 32.2. The molecule has 0 aromatic heterocycles. The molecule has 1 fully saturated rings. The van der Waals surface area contributed by atoms with Crippen LogP contribution in [0.3, 0.4) is 0 Å². The van der Waals surface area contributed by atoms with Crippen LogP contribution >= 0.6 is 0 Å². The van der Waals surface area contributed by atoms with Gasteiger partial charge in [0.05, 0.1) is 25.2 Å². The normalized spacial score (nSPS) is 20.2. The highest BCUT2D eigenvalue weighted by Gasteiger charge is 2.41. The van der Waals surface area contributed by atoms with E-state index in [0.717, 1.165) is 0 Å². The third-order valence-corrected chi connectivity index (χ3v) is 5.72.